The molecule has 0 aliphatic heterocycles. The lowest BCUT2D eigenvalue weighted by Crippen LogP contribution is -2.24. The van der Waals surface area contributed by atoms with Crippen LogP contribution in [0.15, 0.2) is 52.0 Å². The molecule has 0 aromatic heterocycles. The van der Waals surface area contributed by atoms with Crippen molar-refractivity contribution in [3.8, 4) is 5.75 Å². The van der Waals surface area contributed by atoms with Crippen LogP contribution in [-0.2, 0) is 4.79 Å². The van der Waals surface area contributed by atoms with Crippen LogP contribution >= 0.6 is 39.1 Å². The molecule has 0 bridgehead atoms. The van der Waals surface area contributed by atoms with E-state index in [-0.39, 0.29) is 11.6 Å². The molecule has 4 nitrogen and oxygen atoms in total. The highest BCUT2D eigenvalue weighted by Gasteiger charge is 2.07. The Morgan fingerprint density at radius 2 is 2.05 bits per heavy atom. The first-order chi connectivity index (χ1) is 10.6. The number of nitrogens with one attached hydrogen (secondary N) is 1. The van der Waals surface area contributed by atoms with Gasteiger partial charge >= 0.3 is 0 Å². The van der Waals surface area contributed by atoms with Gasteiger partial charge in [-0.05, 0) is 29.8 Å². The average Bonchev–Trinajstić information content (AvgIpc) is 2.49. The van der Waals surface area contributed by atoms with Gasteiger partial charge in [0.2, 0.25) is 0 Å². The van der Waals surface area contributed by atoms with Crippen molar-refractivity contribution < 1.29 is 9.53 Å². The first kappa shape index (κ1) is 16.8. The maximum atomic E-state index is 11.6. The molecule has 0 fully saturated rings. The lowest BCUT2D eigenvalue weighted by molar-refractivity contribution is -0.123. The van der Waals surface area contributed by atoms with Gasteiger partial charge < -0.3 is 4.74 Å². The second-order valence-corrected chi connectivity index (χ2v) is 5.89. The van der Waals surface area contributed by atoms with Crippen LogP contribution in [0, 0.1) is 0 Å². The Bertz CT molecular complexity index is 708. The third kappa shape index (κ3) is 5.02. The summed E-state index contributed by atoms with van der Waals surface area (Å²) in [5.74, 6) is -0.0532. The fraction of sp³-hybridized carbons (Fsp3) is 0.0667. The summed E-state index contributed by atoms with van der Waals surface area (Å²) in [6.45, 7) is -0.212. The molecule has 2 aromatic carbocycles. The first-order valence-corrected chi connectivity index (χ1v) is 7.75. The van der Waals surface area contributed by atoms with Crippen LogP contribution in [0.2, 0.25) is 10.0 Å². The van der Waals surface area contributed by atoms with E-state index < -0.39 is 5.91 Å². The van der Waals surface area contributed by atoms with E-state index in [4.69, 9.17) is 27.9 Å². The molecule has 0 heterocycles. The average molecular weight is 402 g/mol. The third-order valence-corrected chi connectivity index (χ3v) is 3.82. The Balaban J connectivity index is 1.84. The smallest absolute Gasteiger partial charge is 0.277 e. The third-order valence-electron chi connectivity index (χ3n) is 2.53. The number of rotatable bonds is 5. The van der Waals surface area contributed by atoms with Crippen molar-refractivity contribution >= 4 is 51.3 Å². The summed E-state index contributed by atoms with van der Waals surface area (Å²) in [4.78, 5) is 11.6. The normalized spacial score (nSPS) is 10.7. The summed E-state index contributed by atoms with van der Waals surface area (Å²) in [6.07, 6.45) is 1.54. The van der Waals surface area contributed by atoms with Gasteiger partial charge in [-0.15, -0.1) is 0 Å². The van der Waals surface area contributed by atoms with E-state index in [2.05, 4.69) is 26.5 Å². The molecule has 2 rings (SSSR count). The van der Waals surface area contributed by atoms with E-state index >= 15 is 0 Å². The number of carbonyl (C=O) groups is 1. The zero-order valence-corrected chi connectivity index (χ0v) is 14.3. The van der Waals surface area contributed by atoms with E-state index in [1.807, 2.05) is 24.3 Å². The first-order valence-electron chi connectivity index (χ1n) is 6.20. The summed E-state index contributed by atoms with van der Waals surface area (Å²) in [7, 11) is 0. The molecule has 22 heavy (non-hydrogen) atoms. The van der Waals surface area contributed by atoms with E-state index in [0.717, 1.165) is 10.0 Å². The van der Waals surface area contributed by atoms with Crippen molar-refractivity contribution in [2.45, 2.75) is 0 Å². The van der Waals surface area contributed by atoms with Crippen LogP contribution in [-0.4, -0.2) is 18.7 Å². The van der Waals surface area contributed by atoms with E-state index in [9.17, 15) is 4.79 Å². The zero-order chi connectivity index (χ0) is 15.9. The van der Waals surface area contributed by atoms with Crippen LogP contribution < -0.4 is 10.2 Å². The molecule has 0 saturated carbocycles. The SMILES string of the molecule is O=C(COc1cccc(Cl)c1Cl)N/N=C\c1cccc(Br)c1. The Morgan fingerprint density at radius 1 is 1.27 bits per heavy atom. The van der Waals surface area contributed by atoms with Crippen LogP contribution in [0.1, 0.15) is 5.56 Å². The maximum absolute atomic E-state index is 11.6. The van der Waals surface area contributed by atoms with Gasteiger partial charge in [-0.2, -0.15) is 5.10 Å². The van der Waals surface area contributed by atoms with E-state index in [1.54, 1.807) is 18.2 Å². The number of hydrazone groups is 1. The number of hydrogen-bond donors (Lipinski definition) is 1. The largest absolute Gasteiger partial charge is 0.482 e. The second kappa shape index (κ2) is 8.17. The number of hydrogen-bond acceptors (Lipinski definition) is 3. The molecule has 0 radical (unpaired) electrons. The minimum atomic E-state index is -0.401. The zero-order valence-electron chi connectivity index (χ0n) is 11.2. The summed E-state index contributed by atoms with van der Waals surface area (Å²) < 4.78 is 6.22. The molecular formula is C15H11BrCl2N2O2. The van der Waals surface area contributed by atoms with Crippen LogP contribution in [0.3, 0.4) is 0 Å². The van der Waals surface area contributed by atoms with Gasteiger partial charge in [0.15, 0.2) is 6.61 Å². The van der Waals surface area contributed by atoms with Gasteiger partial charge in [0, 0.05) is 4.47 Å². The number of carbonyl (C=O) groups excluding carboxylic acids is 1. The molecule has 1 N–H and O–H groups in total. The summed E-state index contributed by atoms with van der Waals surface area (Å²) in [6, 6.07) is 12.5. The molecule has 1 amide bonds. The minimum Gasteiger partial charge on any atom is -0.482 e. The van der Waals surface area contributed by atoms with E-state index in [0.29, 0.717) is 10.8 Å². The van der Waals surface area contributed by atoms with Gasteiger partial charge in [0.1, 0.15) is 10.8 Å². The number of ether oxygens (including phenoxy) is 1. The standard InChI is InChI=1S/C15H11BrCl2N2O2/c16-11-4-1-3-10(7-11)8-19-20-14(21)9-22-13-6-2-5-12(17)15(13)18/h1-8H,9H2,(H,20,21)/b19-8-. The molecular weight excluding hydrogens is 391 g/mol. The highest BCUT2D eigenvalue weighted by molar-refractivity contribution is 9.10. The van der Waals surface area contributed by atoms with Gasteiger partial charge in [-0.25, -0.2) is 5.43 Å². The quantitative estimate of drug-likeness (QED) is 0.600. The molecule has 0 spiro atoms. The molecule has 0 atom stereocenters. The lowest BCUT2D eigenvalue weighted by atomic mass is 10.2. The number of halogens is 3. The lowest BCUT2D eigenvalue weighted by Gasteiger charge is -2.07. The minimum absolute atomic E-state index is 0.212. The van der Waals surface area contributed by atoms with Gasteiger partial charge in [-0.1, -0.05) is 57.3 Å². The number of nitrogens with zero attached hydrogens (tertiary/aromatic N) is 1. The highest BCUT2D eigenvalue weighted by atomic mass is 79.9. The predicted octanol–water partition coefficient (Wildman–Crippen LogP) is 4.29. The Kier molecular flexibility index (Phi) is 6.24. The van der Waals surface area contributed by atoms with Crippen molar-refractivity contribution in [2.75, 3.05) is 6.61 Å². The Hall–Kier alpha value is -1.56. The molecule has 0 saturated heterocycles. The molecule has 7 heteroatoms. The van der Waals surface area contributed by atoms with Gasteiger partial charge in [-0.3, -0.25) is 4.79 Å². The van der Waals surface area contributed by atoms with Crippen molar-refractivity contribution in [3.05, 3.63) is 62.5 Å². The second-order valence-electron chi connectivity index (χ2n) is 4.19. The Labute approximate surface area is 146 Å². The number of benzene rings is 2. The summed E-state index contributed by atoms with van der Waals surface area (Å²) in [5, 5.41) is 4.49. The molecule has 0 unspecified atom stereocenters. The van der Waals surface area contributed by atoms with Crippen molar-refractivity contribution in [1.29, 1.82) is 0 Å². The van der Waals surface area contributed by atoms with Crippen molar-refractivity contribution in [1.82, 2.24) is 5.43 Å². The number of amides is 1. The predicted molar refractivity (Wildman–Crippen MR) is 91.8 cm³/mol. The van der Waals surface area contributed by atoms with Crippen LogP contribution in [0.5, 0.6) is 5.75 Å². The molecule has 114 valence electrons. The van der Waals surface area contributed by atoms with Crippen LogP contribution in [0.25, 0.3) is 0 Å². The fourth-order valence-corrected chi connectivity index (χ4v) is 2.30. The van der Waals surface area contributed by atoms with Gasteiger partial charge in [0.25, 0.3) is 5.91 Å². The van der Waals surface area contributed by atoms with Crippen LogP contribution in [0.4, 0.5) is 0 Å². The van der Waals surface area contributed by atoms with Crippen molar-refractivity contribution in [2.24, 2.45) is 5.10 Å². The molecule has 0 aliphatic carbocycles. The van der Waals surface area contributed by atoms with Gasteiger partial charge in [0.05, 0.1) is 11.2 Å². The summed E-state index contributed by atoms with van der Waals surface area (Å²) >= 11 is 15.2. The topological polar surface area (TPSA) is 50.7 Å². The van der Waals surface area contributed by atoms with Crippen molar-refractivity contribution in [3.63, 3.8) is 0 Å². The monoisotopic (exact) mass is 400 g/mol. The molecule has 2 aromatic rings. The molecule has 0 aliphatic rings. The summed E-state index contributed by atoms with van der Waals surface area (Å²) in [5.41, 5.74) is 3.22. The fourth-order valence-electron chi connectivity index (χ4n) is 1.54. The van der Waals surface area contributed by atoms with E-state index in [1.165, 1.54) is 6.21 Å². The maximum Gasteiger partial charge on any atom is 0.277 e. The highest BCUT2D eigenvalue weighted by Crippen LogP contribution is 2.31. The Morgan fingerprint density at radius 3 is 2.82 bits per heavy atom.